The topological polar surface area (TPSA) is 50.9 Å². The van der Waals surface area contributed by atoms with Crippen LogP contribution in [0.15, 0.2) is 5.38 Å². The lowest BCUT2D eigenvalue weighted by Crippen LogP contribution is -2.38. The first-order chi connectivity index (χ1) is 8.28. The Labute approximate surface area is 112 Å². The van der Waals surface area contributed by atoms with Gasteiger partial charge in [-0.3, -0.25) is 11.3 Å². The number of aryl methyl sites for hydroxylation is 1. The van der Waals surface area contributed by atoms with E-state index in [1.807, 2.05) is 0 Å². The van der Waals surface area contributed by atoms with Crippen molar-refractivity contribution in [3.05, 3.63) is 16.1 Å². The molecule has 1 aliphatic heterocycles. The van der Waals surface area contributed by atoms with Crippen molar-refractivity contribution in [2.45, 2.75) is 38.6 Å². The third-order valence-corrected chi connectivity index (χ3v) is 5.19. The molecule has 3 N–H and O–H groups in total. The van der Waals surface area contributed by atoms with Crippen molar-refractivity contribution in [3.8, 4) is 0 Å². The molecule has 1 unspecified atom stereocenters. The summed E-state index contributed by atoms with van der Waals surface area (Å²) < 4.78 is 0. The highest BCUT2D eigenvalue weighted by molar-refractivity contribution is 7.99. The van der Waals surface area contributed by atoms with Gasteiger partial charge in [0.2, 0.25) is 0 Å². The van der Waals surface area contributed by atoms with Crippen molar-refractivity contribution >= 4 is 23.1 Å². The summed E-state index contributed by atoms with van der Waals surface area (Å²) >= 11 is 3.80. The smallest absolute Gasteiger partial charge is 0.0897 e. The van der Waals surface area contributed by atoms with Crippen LogP contribution in [0.4, 0.5) is 0 Å². The quantitative estimate of drug-likeness (QED) is 0.637. The highest BCUT2D eigenvalue weighted by Crippen LogP contribution is 2.27. The molecular weight excluding hydrogens is 250 g/mol. The third-order valence-electron chi connectivity index (χ3n) is 3.32. The van der Waals surface area contributed by atoms with E-state index in [2.05, 4.69) is 34.5 Å². The van der Waals surface area contributed by atoms with Crippen LogP contribution in [0.2, 0.25) is 0 Å². The molecule has 1 aromatic heterocycles. The number of thioether (sulfide) groups is 1. The van der Waals surface area contributed by atoms with E-state index in [4.69, 9.17) is 5.84 Å². The predicted octanol–water partition coefficient (Wildman–Crippen LogP) is 2.36. The van der Waals surface area contributed by atoms with E-state index >= 15 is 0 Å². The van der Waals surface area contributed by atoms with Gasteiger partial charge in [0.1, 0.15) is 0 Å². The van der Waals surface area contributed by atoms with E-state index in [0.717, 1.165) is 17.3 Å². The second-order valence-electron chi connectivity index (χ2n) is 4.72. The van der Waals surface area contributed by atoms with E-state index in [9.17, 15) is 0 Å². The highest BCUT2D eigenvalue weighted by atomic mass is 32.2. The molecule has 0 saturated carbocycles. The molecule has 0 bridgehead atoms. The molecule has 1 atom stereocenters. The fourth-order valence-corrected chi connectivity index (χ4v) is 4.18. The van der Waals surface area contributed by atoms with Gasteiger partial charge in [0.05, 0.1) is 10.7 Å². The first-order valence-electron chi connectivity index (χ1n) is 6.23. The first-order valence-corrected chi connectivity index (χ1v) is 8.26. The lowest BCUT2D eigenvalue weighted by molar-refractivity contribution is 0.364. The van der Waals surface area contributed by atoms with Crippen molar-refractivity contribution < 1.29 is 0 Å². The Morgan fingerprint density at radius 3 is 2.88 bits per heavy atom. The third kappa shape index (κ3) is 4.25. The fraction of sp³-hybridized carbons (Fsp3) is 0.750. The number of nitrogens with one attached hydrogen (secondary N) is 1. The van der Waals surface area contributed by atoms with E-state index in [-0.39, 0.29) is 0 Å². The second kappa shape index (κ2) is 6.73. The van der Waals surface area contributed by atoms with Crippen LogP contribution < -0.4 is 11.3 Å². The Morgan fingerprint density at radius 2 is 2.29 bits per heavy atom. The molecule has 3 nitrogen and oxygen atoms in total. The van der Waals surface area contributed by atoms with Crippen LogP contribution in [0.5, 0.6) is 0 Å². The van der Waals surface area contributed by atoms with Gasteiger partial charge in [0.25, 0.3) is 0 Å². The largest absolute Gasteiger partial charge is 0.271 e. The van der Waals surface area contributed by atoms with Crippen molar-refractivity contribution in [1.82, 2.24) is 10.4 Å². The predicted molar refractivity (Wildman–Crippen MR) is 76.3 cm³/mol. The summed E-state index contributed by atoms with van der Waals surface area (Å²) in [7, 11) is 0. The highest BCUT2D eigenvalue weighted by Gasteiger charge is 2.19. The van der Waals surface area contributed by atoms with Crippen molar-refractivity contribution in [2.75, 3.05) is 11.5 Å². The molecule has 0 aliphatic carbocycles. The number of hydrazine groups is 1. The van der Waals surface area contributed by atoms with Gasteiger partial charge in [0, 0.05) is 17.8 Å². The van der Waals surface area contributed by atoms with Crippen molar-refractivity contribution in [1.29, 1.82) is 0 Å². The van der Waals surface area contributed by atoms with Gasteiger partial charge in [-0.25, -0.2) is 4.98 Å². The molecule has 0 amide bonds. The van der Waals surface area contributed by atoms with E-state index in [0.29, 0.717) is 6.04 Å². The summed E-state index contributed by atoms with van der Waals surface area (Å²) in [5.41, 5.74) is 4.15. The van der Waals surface area contributed by atoms with Crippen LogP contribution in [-0.4, -0.2) is 22.5 Å². The van der Waals surface area contributed by atoms with Crippen LogP contribution in [0.1, 0.15) is 30.0 Å². The molecule has 0 spiro atoms. The number of nitrogens with two attached hydrogens (primary N) is 1. The van der Waals surface area contributed by atoms with Gasteiger partial charge < -0.3 is 0 Å². The molecule has 96 valence electrons. The minimum absolute atomic E-state index is 0.379. The minimum atomic E-state index is 0.379. The molecule has 2 heterocycles. The Bertz CT molecular complexity index is 334. The molecule has 1 aromatic rings. The average molecular weight is 271 g/mol. The van der Waals surface area contributed by atoms with Crippen LogP contribution in [0, 0.1) is 12.8 Å². The zero-order valence-electron chi connectivity index (χ0n) is 10.3. The molecule has 2 rings (SSSR count). The summed E-state index contributed by atoms with van der Waals surface area (Å²) in [6, 6.07) is 0.379. The zero-order chi connectivity index (χ0) is 12.1. The second-order valence-corrected chi connectivity index (χ2v) is 7.00. The summed E-state index contributed by atoms with van der Waals surface area (Å²) in [6.07, 6.45) is 4.84. The van der Waals surface area contributed by atoms with Crippen molar-refractivity contribution in [2.24, 2.45) is 11.8 Å². The molecule has 0 radical (unpaired) electrons. The summed E-state index contributed by atoms with van der Waals surface area (Å²) in [5.74, 6) is 9.14. The fourth-order valence-electron chi connectivity index (χ4n) is 2.35. The Kier molecular flexibility index (Phi) is 5.28. The molecule has 17 heavy (non-hydrogen) atoms. The standard InChI is InChI=1S/C12H21N3S2/c1-9-14-12(8-17-9)7-11(15-13)6-10-2-4-16-5-3-10/h8,10-11,15H,2-7,13H2,1H3. The van der Waals surface area contributed by atoms with E-state index in [1.165, 1.54) is 36.5 Å². The Balaban J connectivity index is 1.83. The van der Waals surface area contributed by atoms with Gasteiger partial charge in [-0.1, -0.05) is 0 Å². The van der Waals surface area contributed by atoms with Crippen LogP contribution in [0.3, 0.4) is 0 Å². The number of aromatic nitrogens is 1. The maximum Gasteiger partial charge on any atom is 0.0897 e. The number of hydrogen-bond acceptors (Lipinski definition) is 5. The Hall–Kier alpha value is -0.100. The molecule has 1 aliphatic rings. The van der Waals surface area contributed by atoms with Crippen LogP contribution in [0.25, 0.3) is 0 Å². The normalized spacial score (nSPS) is 19.4. The van der Waals surface area contributed by atoms with Crippen LogP contribution in [-0.2, 0) is 6.42 Å². The number of rotatable bonds is 5. The van der Waals surface area contributed by atoms with Crippen LogP contribution >= 0.6 is 23.1 Å². The van der Waals surface area contributed by atoms with Gasteiger partial charge >= 0.3 is 0 Å². The monoisotopic (exact) mass is 271 g/mol. The molecule has 5 heteroatoms. The molecular formula is C12H21N3S2. The van der Waals surface area contributed by atoms with Gasteiger partial charge in [0.15, 0.2) is 0 Å². The first kappa shape index (κ1) is 13.3. The molecule has 1 saturated heterocycles. The summed E-state index contributed by atoms with van der Waals surface area (Å²) in [4.78, 5) is 4.51. The van der Waals surface area contributed by atoms with Crippen molar-refractivity contribution in [3.63, 3.8) is 0 Å². The number of hydrogen-bond donors (Lipinski definition) is 2. The Morgan fingerprint density at radius 1 is 1.53 bits per heavy atom. The lowest BCUT2D eigenvalue weighted by atomic mass is 9.92. The zero-order valence-corrected chi connectivity index (χ0v) is 11.9. The summed E-state index contributed by atoms with van der Waals surface area (Å²) in [5, 5.41) is 3.29. The SMILES string of the molecule is Cc1nc(CC(CC2CCSCC2)NN)cs1. The van der Waals surface area contributed by atoms with Gasteiger partial charge in [-0.05, 0) is 43.6 Å². The maximum absolute atomic E-state index is 5.67. The number of nitrogens with zero attached hydrogens (tertiary/aromatic N) is 1. The van der Waals surface area contributed by atoms with E-state index < -0.39 is 0 Å². The van der Waals surface area contributed by atoms with Gasteiger partial charge in [-0.2, -0.15) is 11.8 Å². The lowest BCUT2D eigenvalue weighted by Gasteiger charge is -2.25. The average Bonchev–Trinajstić information content (AvgIpc) is 2.75. The molecule has 1 fully saturated rings. The minimum Gasteiger partial charge on any atom is -0.271 e. The van der Waals surface area contributed by atoms with Gasteiger partial charge in [-0.15, -0.1) is 11.3 Å². The molecule has 0 aromatic carbocycles. The van der Waals surface area contributed by atoms with E-state index in [1.54, 1.807) is 11.3 Å². The number of thiazole rings is 1. The maximum atomic E-state index is 5.67. The summed E-state index contributed by atoms with van der Waals surface area (Å²) in [6.45, 7) is 2.05.